The standard InChI is InChI=1S/C19H20ClN3O/c1-15-10-16(12-17(20)11-15)13-22-18-4-2-3-5-19(18)24-9-8-23-7-6-21-14-23/h2-7,10-12,14,22H,8-9,13H2,1H3. The second kappa shape index (κ2) is 7.88. The molecule has 24 heavy (non-hydrogen) atoms. The maximum atomic E-state index is 6.12. The molecular weight excluding hydrogens is 322 g/mol. The van der Waals surface area contributed by atoms with Gasteiger partial charge in [-0.2, -0.15) is 0 Å². The summed E-state index contributed by atoms with van der Waals surface area (Å²) in [7, 11) is 0. The van der Waals surface area contributed by atoms with Crippen LogP contribution in [0.5, 0.6) is 5.75 Å². The molecule has 124 valence electrons. The molecule has 0 spiro atoms. The van der Waals surface area contributed by atoms with E-state index in [4.69, 9.17) is 16.3 Å². The first kappa shape index (κ1) is 16.4. The van der Waals surface area contributed by atoms with Crippen LogP contribution in [0.1, 0.15) is 11.1 Å². The molecule has 1 aromatic heterocycles. The number of nitrogens with one attached hydrogen (secondary N) is 1. The average Bonchev–Trinajstić information content (AvgIpc) is 3.06. The van der Waals surface area contributed by atoms with Gasteiger partial charge in [-0.1, -0.05) is 29.8 Å². The first-order valence-electron chi connectivity index (χ1n) is 7.88. The Bertz CT molecular complexity index is 767. The van der Waals surface area contributed by atoms with Crippen molar-refractivity contribution in [1.82, 2.24) is 9.55 Å². The molecule has 0 radical (unpaired) electrons. The quantitative estimate of drug-likeness (QED) is 0.686. The van der Waals surface area contributed by atoms with Crippen molar-refractivity contribution in [3.63, 3.8) is 0 Å². The molecule has 0 aliphatic rings. The predicted molar refractivity (Wildman–Crippen MR) is 97.7 cm³/mol. The van der Waals surface area contributed by atoms with Gasteiger partial charge in [0.05, 0.1) is 18.6 Å². The van der Waals surface area contributed by atoms with E-state index in [0.29, 0.717) is 13.2 Å². The lowest BCUT2D eigenvalue weighted by Gasteiger charge is -2.14. The molecular formula is C19H20ClN3O. The Morgan fingerprint density at radius 3 is 2.88 bits per heavy atom. The molecule has 0 aliphatic heterocycles. The number of ether oxygens (including phenoxy) is 1. The maximum Gasteiger partial charge on any atom is 0.142 e. The van der Waals surface area contributed by atoms with Crippen LogP contribution in [0.25, 0.3) is 0 Å². The Balaban J connectivity index is 1.61. The fraction of sp³-hybridized carbons (Fsp3) is 0.211. The fourth-order valence-corrected chi connectivity index (χ4v) is 2.84. The van der Waals surface area contributed by atoms with Crippen LogP contribution in [0.3, 0.4) is 0 Å². The van der Waals surface area contributed by atoms with Crippen LogP contribution in [0.15, 0.2) is 61.2 Å². The monoisotopic (exact) mass is 341 g/mol. The summed E-state index contributed by atoms with van der Waals surface area (Å²) in [5.41, 5.74) is 3.28. The van der Waals surface area contributed by atoms with E-state index in [-0.39, 0.29) is 0 Å². The van der Waals surface area contributed by atoms with Gasteiger partial charge in [-0.05, 0) is 42.3 Å². The van der Waals surface area contributed by atoms with Crippen LogP contribution < -0.4 is 10.1 Å². The summed E-state index contributed by atoms with van der Waals surface area (Å²) in [5.74, 6) is 0.844. The summed E-state index contributed by atoms with van der Waals surface area (Å²) < 4.78 is 7.90. The molecule has 4 nitrogen and oxygen atoms in total. The maximum absolute atomic E-state index is 6.12. The van der Waals surface area contributed by atoms with Gasteiger partial charge >= 0.3 is 0 Å². The lowest BCUT2D eigenvalue weighted by Crippen LogP contribution is -2.08. The summed E-state index contributed by atoms with van der Waals surface area (Å²) in [4.78, 5) is 4.03. The van der Waals surface area contributed by atoms with Crippen molar-refractivity contribution in [2.24, 2.45) is 0 Å². The van der Waals surface area contributed by atoms with Crippen molar-refractivity contribution >= 4 is 17.3 Å². The van der Waals surface area contributed by atoms with Crippen LogP contribution in [-0.4, -0.2) is 16.2 Å². The Morgan fingerprint density at radius 1 is 1.21 bits per heavy atom. The van der Waals surface area contributed by atoms with Crippen molar-refractivity contribution in [2.75, 3.05) is 11.9 Å². The number of para-hydroxylation sites is 2. The minimum Gasteiger partial charge on any atom is -0.490 e. The highest BCUT2D eigenvalue weighted by molar-refractivity contribution is 6.30. The fourth-order valence-electron chi connectivity index (χ4n) is 2.53. The largest absolute Gasteiger partial charge is 0.490 e. The number of hydrogen-bond acceptors (Lipinski definition) is 3. The Kier molecular flexibility index (Phi) is 5.39. The molecule has 0 unspecified atom stereocenters. The van der Waals surface area contributed by atoms with E-state index in [0.717, 1.165) is 34.1 Å². The normalized spacial score (nSPS) is 10.6. The zero-order valence-electron chi connectivity index (χ0n) is 13.6. The van der Waals surface area contributed by atoms with E-state index in [1.54, 1.807) is 12.5 Å². The summed E-state index contributed by atoms with van der Waals surface area (Å²) in [5, 5.41) is 4.19. The molecule has 0 saturated heterocycles. The zero-order chi connectivity index (χ0) is 16.8. The van der Waals surface area contributed by atoms with Gasteiger partial charge < -0.3 is 14.6 Å². The lowest BCUT2D eigenvalue weighted by molar-refractivity contribution is 0.299. The second-order valence-corrected chi connectivity index (χ2v) is 6.07. The van der Waals surface area contributed by atoms with Crippen molar-refractivity contribution in [2.45, 2.75) is 20.0 Å². The van der Waals surface area contributed by atoms with Crippen molar-refractivity contribution < 1.29 is 4.74 Å². The number of aryl methyl sites for hydroxylation is 1. The minimum absolute atomic E-state index is 0.589. The summed E-state index contributed by atoms with van der Waals surface area (Å²) in [6.45, 7) is 4.10. The van der Waals surface area contributed by atoms with Crippen LogP contribution in [0, 0.1) is 6.92 Å². The third-order valence-electron chi connectivity index (χ3n) is 3.64. The molecule has 0 amide bonds. The van der Waals surface area contributed by atoms with Gasteiger partial charge in [0.15, 0.2) is 0 Å². The number of benzene rings is 2. The molecule has 1 heterocycles. The third kappa shape index (κ3) is 4.52. The Morgan fingerprint density at radius 2 is 2.08 bits per heavy atom. The average molecular weight is 342 g/mol. The molecule has 3 rings (SSSR count). The third-order valence-corrected chi connectivity index (χ3v) is 3.86. The zero-order valence-corrected chi connectivity index (χ0v) is 14.3. The summed E-state index contributed by atoms with van der Waals surface area (Å²) >= 11 is 6.12. The van der Waals surface area contributed by atoms with Crippen LogP contribution in [0.2, 0.25) is 5.02 Å². The number of imidazole rings is 1. The SMILES string of the molecule is Cc1cc(Cl)cc(CNc2ccccc2OCCn2ccnc2)c1. The van der Waals surface area contributed by atoms with E-state index in [1.807, 2.05) is 54.1 Å². The van der Waals surface area contributed by atoms with E-state index < -0.39 is 0 Å². The first-order valence-corrected chi connectivity index (χ1v) is 8.26. The molecule has 0 bridgehead atoms. The summed E-state index contributed by atoms with van der Waals surface area (Å²) in [6, 6.07) is 14.0. The van der Waals surface area contributed by atoms with Crippen molar-refractivity contribution in [1.29, 1.82) is 0 Å². The van der Waals surface area contributed by atoms with Gasteiger partial charge in [0.25, 0.3) is 0 Å². The van der Waals surface area contributed by atoms with Crippen LogP contribution in [-0.2, 0) is 13.1 Å². The van der Waals surface area contributed by atoms with E-state index >= 15 is 0 Å². The number of aromatic nitrogens is 2. The predicted octanol–water partition coefficient (Wildman–Crippen LogP) is 4.54. The molecule has 5 heteroatoms. The Labute approximate surface area is 147 Å². The molecule has 2 aromatic carbocycles. The highest BCUT2D eigenvalue weighted by Crippen LogP contribution is 2.25. The number of nitrogens with zero attached hydrogens (tertiary/aromatic N) is 2. The minimum atomic E-state index is 0.589. The van der Waals surface area contributed by atoms with Crippen molar-refractivity contribution in [3.8, 4) is 5.75 Å². The van der Waals surface area contributed by atoms with Gasteiger partial charge in [0.2, 0.25) is 0 Å². The summed E-state index contributed by atoms with van der Waals surface area (Å²) in [6.07, 6.45) is 5.48. The second-order valence-electron chi connectivity index (χ2n) is 5.64. The smallest absolute Gasteiger partial charge is 0.142 e. The highest BCUT2D eigenvalue weighted by atomic mass is 35.5. The number of rotatable bonds is 7. The van der Waals surface area contributed by atoms with Crippen LogP contribution >= 0.6 is 11.6 Å². The highest BCUT2D eigenvalue weighted by Gasteiger charge is 2.04. The number of halogens is 1. The van der Waals surface area contributed by atoms with Gasteiger partial charge in [-0.15, -0.1) is 0 Å². The Hall–Kier alpha value is -2.46. The molecule has 1 N–H and O–H groups in total. The molecule has 0 aliphatic carbocycles. The van der Waals surface area contributed by atoms with Crippen molar-refractivity contribution in [3.05, 3.63) is 77.3 Å². The molecule has 3 aromatic rings. The number of anilines is 1. The van der Waals surface area contributed by atoms with Gasteiger partial charge in [0, 0.05) is 24.0 Å². The molecule has 0 saturated carbocycles. The van der Waals surface area contributed by atoms with E-state index in [9.17, 15) is 0 Å². The van der Waals surface area contributed by atoms with E-state index in [1.165, 1.54) is 0 Å². The van der Waals surface area contributed by atoms with Gasteiger partial charge in [0.1, 0.15) is 12.4 Å². The lowest BCUT2D eigenvalue weighted by atomic mass is 10.1. The molecule has 0 atom stereocenters. The topological polar surface area (TPSA) is 39.1 Å². The van der Waals surface area contributed by atoms with Gasteiger partial charge in [-0.25, -0.2) is 4.98 Å². The van der Waals surface area contributed by atoms with Gasteiger partial charge in [-0.3, -0.25) is 0 Å². The number of hydrogen-bond donors (Lipinski definition) is 1. The first-order chi connectivity index (χ1) is 11.7. The van der Waals surface area contributed by atoms with Crippen LogP contribution in [0.4, 0.5) is 5.69 Å². The van der Waals surface area contributed by atoms with E-state index in [2.05, 4.69) is 16.4 Å². The molecule has 0 fully saturated rings.